The minimum Gasteiger partial charge on any atom is -0.394 e. The van der Waals surface area contributed by atoms with Crippen molar-refractivity contribution in [2.45, 2.75) is 283 Å². The van der Waals surface area contributed by atoms with Gasteiger partial charge in [0.2, 0.25) is 5.91 Å². The number of rotatable bonds is 51. The molecule has 2 atom stereocenters. The Labute approximate surface area is 411 Å². The van der Waals surface area contributed by atoms with Gasteiger partial charge in [-0.15, -0.1) is 0 Å². The molecule has 0 heterocycles. The quantitative estimate of drug-likeness (QED) is 0.0421. The number of hydrogen-bond acceptors (Lipinski definition) is 3. The summed E-state index contributed by atoms with van der Waals surface area (Å²) in [5.74, 6) is -0.0568. The average Bonchev–Trinajstić information content (AvgIpc) is 3.32. The molecule has 0 aromatic rings. The van der Waals surface area contributed by atoms with Crippen molar-refractivity contribution >= 4 is 5.91 Å². The molecule has 0 aliphatic rings. The summed E-state index contributed by atoms with van der Waals surface area (Å²) in [7, 11) is 0. The molecule has 0 radical (unpaired) electrons. The van der Waals surface area contributed by atoms with Crippen molar-refractivity contribution in [1.82, 2.24) is 5.32 Å². The van der Waals surface area contributed by atoms with Crippen molar-refractivity contribution < 1.29 is 15.0 Å². The van der Waals surface area contributed by atoms with Crippen molar-refractivity contribution in [3.05, 3.63) is 97.2 Å². The molecule has 66 heavy (non-hydrogen) atoms. The van der Waals surface area contributed by atoms with E-state index in [0.717, 1.165) is 96.3 Å². The molecule has 4 nitrogen and oxygen atoms in total. The largest absolute Gasteiger partial charge is 0.394 e. The van der Waals surface area contributed by atoms with E-state index in [1.807, 2.05) is 0 Å². The van der Waals surface area contributed by atoms with Gasteiger partial charge >= 0.3 is 0 Å². The summed E-state index contributed by atoms with van der Waals surface area (Å²) in [5, 5.41) is 23.3. The molecule has 0 spiro atoms. The molecule has 0 aromatic heterocycles. The lowest BCUT2D eigenvalue weighted by atomic mass is 10.0. The Morgan fingerprint density at radius 2 is 0.667 bits per heavy atom. The molecular formula is C62H109NO3. The zero-order valence-corrected chi connectivity index (χ0v) is 43.7. The van der Waals surface area contributed by atoms with Crippen LogP contribution in [0, 0.1) is 0 Å². The van der Waals surface area contributed by atoms with Crippen LogP contribution in [0.1, 0.15) is 271 Å². The highest BCUT2D eigenvalue weighted by molar-refractivity contribution is 5.76. The normalized spacial score (nSPS) is 13.6. The molecule has 0 aliphatic heterocycles. The number of aliphatic hydroxyl groups is 2. The molecule has 0 aliphatic carbocycles. The number of carbonyl (C=O) groups excluding carboxylic acids is 1. The standard InChI is InChI=1S/C62H109NO3/c1-3-5-7-9-11-13-15-17-19-21-23-25-27-29-30-31-32-34-36-38-40-42-44-46-48-50-52-54-56-58-62(66)63-60(59-64)61(65)57-55-53-51-49-47-45-43-41-39-37-35-33-28-26-24-22-20-18-16-14-12-10-8-6-4-2/h5,7,11,13,17,19,23,25,29-30,32,34,38,40,44,46,60-61,64-65H,3-4,6,8-10,12,14-16,18,20-22,24,26-28,31,33,35-37,39,41-43,45,47-59H2,1-2H3,(H,63,66)/b7-5-,13-11-,19-17-,25-23-,30-29-,34-32-,40-38-,46-44-. The number of carbonyl (C=O) groups is 1. The third kappa shape index (κ3) is 52.3. The number of amides is 1. The summed E-state index contributed by atoms with van der Waals surface area (Å²) >= 11 is 0. The van der Waals surface area contributed by atoms with Crippen LogP contribution in [0.3, 0.4) is 0 Å². The lowest BCUT2D eigenvalue weighted by Gasteiger charge is -2.22. The second-order valence-corrected chi connectivity index (χ2v) is 19.0. The second kappa shape index (κ2) is 56.6. The maximum atomic E-state index is 12.5. The van der Waals surface area contributed by atoms with Crippen LogP contribution < -0.4 is 5.32 Å². The predicted octanol–water partition coefficient (Wildman–Crippen LogP) is 18.9. The molecule has 0 aromatic carbocycles. The topological polar surface area (TPSA) is 69.6 Å². The van der Waals surface area contributed by atoms with Gasteiger partial charge in [-0.1, -0.05) is 284 Å². The number of unbranched alkanes of at least 4 members (excludes halogenated alkanes) is 28. The summed E-state index contributed by atoms with van der Waals surface area (Å²) < 4.78 is 0. The molecule has 0 fully saturated rings. The molecule has 0 saturated carbocycles. The lowest BCUT2D eigenvalue weighted by molar-refractivity contribution is -0.123. The Balaban J connectivity index is 3.58. The third-order valence-corrected chi connectivity index (χ3v) is 12.6. The van der Waals surface area contributed by atoms with Gasteiger partial charge in [0, 0.05) is 6.42 Å². The van der Waals surface area contributed by atoms with Gasteiger partial charge in [-0.2, -0.15) is 0 Å². The van der Waals surface area contributed by atoms with Gasteiger partial charge in [-0.25, -0.2) is 0 Å². The van der Waals surface area contributed by atoms with E-state index in [2.05, 4.69) is 116 Å². The van der Waals surface area contributed by atoms with Gasteiger partial charge in [0.15, 0.2) is 0 Å². The number of allylic oxidation sites excluding steroid dienone is 16. The van der Waals surface area contributed by atoms with Crippen molar-refractivity contribution in [1.29, 1.82) is 0 Å². The molecule has 0 bridgehead atoms. The molecule has 0 saturated heterocycles. The van der Waals surface area contributed by atoms with Gasteiger partial charge in [0.05, 0.1) is 18.8 Å². The minimum atomic E-state index is -0.679. The minimum absolute atomic E-state index is 0.0568. The third-order valence-electron chi connectivity index (χ3n) is 12.6. The Morgan fingerprint density at radius 3 is 1.00 bits per heavy atom. The SMILES string of the molecule is CC/C=C\C/C=C\C/C=C\C/C=C\C/C=C\C/C=C\C/C=C\C/C=C\CCCCCCC(=O)NC(CO)C(O)CCCCCCCCCCCCCCCCCCCCCCCCCCC. The summed E-state index contributed by atoms with van der Waals surface area (Å²) in [5.41, 5.74) is 0. The van der Waals surface area contributed by atoms with E-state index in [-0.39, 0.29) is 12.5 Å². The summed E-state index contributed by atoms with van der Waals surface area (Å²) in [6.07, 6.45) is 83.9. The van der Waals surface area contributed by atoms with Crippen molar-refractivity contribution in [3.8, 4) is 0 Å². The number of nitrogens with one attached hydrogen (secondary N) is 1. The van der Waals surface area contributed by atoms with Crippen LogP contribution in [0.15, 0.2) is 97.2 Å². The van der Waals surface area contributed by atoms with Crippen LogP contribution in [0.5, 0.6) is 0 Å². The zero-order valence-electron chi connectivity index (χ0n) is 43.7. The highest BCUT2D eigenvalue weighted by Gasteiger charge is 2.20. The monoisotopic (exact) mass is 916 g/mol. The molecular weight excluding hydrogens is 807 g/mol. The van der Waals surface area contributed by atoms with Gasteiger partial charge < -0.3 is 15.5 Å². The molecule has 2 unspecified atom stereocenters. The van der Waals surface area contributed by atoms with E-state index in [9.17, 15) is 15.0 Å². The highest BCUT2D eigenvalue weighted by Crippen LogP contribution is 2.17. The maximum Gasteiger partial charge on any atom is 0.220 e. The summed E-state index contributed by atoms with van der Waals surface area (Å²) in [4.78, 5) is 12.5. The van der Waals surface area contributed by atoms with Gasteiger partial charge in [-0.05, 0) is 77.0 Å². The summed E-state index contributed by atoms with van der Waals surface area (Å²) in [6, 6.07) is -0.559. The van der Waals surface area contributed by atoms with Crippen LogP contribution in [0.4, 0.5) is 0 Å². The smallest absolute Gasteiger partial charge is 0.220 e. The van der Waals surface area contributed by atoms with Crippen LogP contribution in [0.25, 0.3) is 0 Å². The van der Waals surface area contributed by atoms with Crippen LogP contribution >= 0.6 is 0 Å². The molecule has 1 amide bonds. The molecule has 0 rings (SSSR count). The fourth-order valence-corrected chi connectivity index (χ4v) is 8.32. The first-order valence-corrected chi connectivity index (χ1v) is 28.4. The number of aliphatic hydroxyl groups excluding tert-OH is 2. The van der Waals surface area contributed by atoms with Crippen LogP contribution in [0.2, 0.25) is 0 Å². The lowest BCUT2D eigenvalue weighted by Crippen LogP contribution is -2.45. The highest BCUT2D eigenvalue weighted by atomic mass is 16.3. The van der Waals surface area contributed by atoms with Gasteiger partial charge in [0.25, 0.3) is 0 Å². The molecule has 3 N–H and O–H groups in total. The Kier molecular flexibility index (Phi) is 54.3. The Hall–Kier alpha value is -2.69. The summed E-state index contributed by atoms with van der Waals surface area (Å²) in [6.45, 7) is 4.25. The van der Waals surface area contributed by atoms with Crippen molar-refractivity contribution in [2.24, 2.45) is 0 Å². The van der Waals surface area contributed by atoms with E-state index in [1.165, 1.54) is 148 Å². The maximum absolute atomic E-state index is 12.5. The van der Waals surface area contributed by atoms with E-state index < -0.39 is 12.1 Å². The average molecular weight is 917 g/mol. The van der Waals surface area contributed by atoms with Crippen LogP contribution in [-0.2, 0) is 4.79 Å². The number of hydrogen-bond donors (Lipinski definition) is 3. The van der Waals surface area contributed by atoms with Crippen molar-refractivity contribution in [2.75, 3.05) is 6.61 Å². The second-order valence-electron chi connectivity index (χ2n) is 19.0. The van der Waals surface area contributed by atoms with Gasteiger partial charge in [0.1, 0.15) is 0 Å². The molecule has 380 valence electrons. The first-order valence-electron chi connectivity index (χ1n) is 28.4. The fraction of sp³-hybridized carbons (Fsp3) is 0.726. The Bertz CT molecular complexity index is 1220. The van der Waals surface area contributed by atoms with E-state index in [0.29, 0.717) is 12.8 Å². The van der Waals surface area contributed by atoms with E-state index in [4.69, 9.17) is 0 Å². The molecule has 4 heteroatoms. The zero-order chi connectivity index (χ0) is 47.7. The van der Waals surface area contributed by atoms with Gasteiger partial charge in [-0.3, -0.25) is 4.79 Å². The first-order chi connectivity index (χ1) is 32.7. The van der Waals surface area contributed by atoms with E-state index >= 15 is 0 Å². The van der Waals surface area contributed by atoms with Crippen LogP contribution in [-0.4, -0.2) is 34.9 Å². The predicted molar refractivity (Wildman–Crippen MR) is 294 cm³/mol. The fourth-order valence-electron chi connectivity index (χ4n) is 8.32. The van der Waals surface area contributed by atoms with E-state index in [1.54, 1.807) is 0 Å². The first kappa shape index (κ1) is 63.3. The Morgan fingerprint density at radius 1 is 0.379 bits per heavy atom. The van der Waals surface area contributed by atoms with Crippen molar-refractivity contribution in [3.63, 3.8) is 0 Å².